The van der Waals surface area contributed by atoms with Gasteiger partial charge in [-0.15, -0.1) is 0 Å². The van der Waals surface area contributed by atoms with Crippen LogP contribution in [0.2, 0.25) is 0 Å². The largest absolute Gasteiger partial charge is 0.493 e. The van der Waals surface area contributed by atoms with Crippen molar-refractivity contribution < 1.29 is 9.47 Å². The first-order valence-electron chi connectivity index (χ1n) is 9.52. The summed E-state index contributed by atoms with van der Waals surface area (Å²) in [5, 5.41) is 11.0. The molecule has 1 atom stereocenters. The first-order valence-corrected chi connectivity index (χ1v) is 9.52. The Hall–Kier alpha value is -3.48. The lowest BCUT2D eigenvalue weighted by molar-refractivity contribution is 0.213. The zero-order valence-electron chi connectivity index (χ0n) is 17.0. The molecular weight excluding hydrogens is 366 g/mol. The number of nitrogens with one attached hydrogen (secondary N) is 2. The second-order valence-corrected chi connectivity index (χ2v) is 6.51. The van der Waals surface area contributed by atoms with Gasteiger partial charge in [0.25, 0.3) is 0 Å². The maximum atomic E-state index is 5.96. The first kappa shape index (κ1) is 20.3. The number of aromatic nitrogens is 2. The monoisotopic (exact) mass is 393 g/mol. The molecule has 7 heteroatoms. The molecule has 0 aliphatic carbocycles. The molecule has 29 heavy (non-hydrogen) atoms. The lowest BCUT2D eigenvalue weighted by atomic mass is 10.3. The fraction of sp³-hybridized carbons (Fsp3) is 0.273. The number of benzene rings is 2. The van der Waals surface area contributed by atoms with Crippen molar-refractivity contribution in [2.75, 3.05) is 20.7 Å². The Morgan fingerprint density at radius 1 is 1.07 bits per heavy atom. The van der Waals surface area contributed by atoms with E-state index >= 15 is 0 Å². The lowest BCUT2D eigenvalue weighted by Gasteiger charge is -2.18. The number of para-hydroxylation sites is 3. The van der Waals surface area contributed by atoms with Crippen LogP contribution in [0.5, 0.6) is 11.5 Å². The van der Waals surface area contributed by atoms with Gasteiger partial charge in [-0.25, -0.2) is 4.68 Å². The summed E-state index contributed by atoms with van der Waals surface area (Å²) >= 11 is 0. The summed E-state index contributed by atoms with van der Waals surface area (Å²) in [6, 6.07) is 17.6. The van der Waals surface area contributed by atoms with Gasteiger partial charge in [0.05, 0.1) is 25.5 Å². The highest BCUT2D eigenvalue weighted by molar-refractivity contribution is 5.79. The van der Waals surface area contributed by atoms with Crippen LogP contribution in [0.1, 0.15) is 12.5 Å². The van der Waals surface area contributed by atoms with Crippen LogP contribution >= 0.6 is 0 Å². The first-order chi connectivity index (χ1) is 14.2. The molecular formula is C22H27N5O2. The van der Waals surface area contributed by atoms with Crippen molar-refractivity contribution in [3.63, 3.8) is 0 Å². The average molecular weight is 393 g/mol. The number of aliphatic imine (C=N–C) groups is 1. The minimum absolute atomic E-state index is 0.0642. The third kappa shape index (κ3) is 5.75. The summed E-state index contributed by atoms with van der Waals surface area (Å²) < 4.78 is 13.1. The predicted molar refractivity (Wildman–Crippen MR) is 115 cm³/mol. The molecule has 0 aliphatic rings. The molecule has 0 saturated carbocycles. The maximum absolute atomic E-state index is 5.96. The van der Waals surface area contributed by atoms with E-state index in [2.05, 4.69) is 20.7 Å². The van der Waals surface area contributed by atoms with Gasteiger partial charge in [0.2, 0.25) is 0 Å². The summed E-state index contributed by atoms with van der Waals surface area (Å²) in [6.45, 7) is 3.21. The topological polar surface area (TPSA) is 72.7 Å². The molecule has 0 radical (unpaired) electrons. The van der Waals surface area contributed by atoms with Gasteiger partial charge in [-0.1, -0.05) is 30.3 Å². The number of hydrogen-bond acceptors (Lipinski definition) is 4. The second kappa shape index (κ2) is 10.2. The van der Waals surface area contributed by atoms with Crippen LogP contribution in [-0.2, 0) is 6.54 Å². The number of ether oxygens (including phenoxy) is 2. The van der Waals surface area contributed by atoms with Crippen LogP contribution in [0.25, 0.3) is 5.69 Å². The fourth-order valence-corrected chi connectivity index (χ4v) is 2.79. The summed E-state index contributed by atoms with van der Waals surface area (Å²) in [5.74, 6) is 2.14. The normalized spacial score (nSPS) is 12.3. The molecule has 3 rings (SSSR count). The number of methoxy groups -OCH3 is 1. The Balaban J connectivity index is 1.48. The van der Waals surface area contributed by atoms with Gasteiger partial charge in [0.1, 0.15) is 6.10 Å². The molecule has 1 aromatic heterocycles. The molecule has 2 N–H and O–H groups in total. The van der Waals surface area contributed by atoms with E-state index in [1.165, 1.54) is 0 Å². The fourth-order valence-electron chi connectivity index (χ4n) is 2.79. The summed E-state index contributed by atoms with van der Waals surface area (Å²) in [6.07, 6.45) is 3.79. The van der Waals surface area contributed by atoms with E-state index < -0.39 is 0 Å². The van der Waals surface area contributed by atoms with E-state index in [4.69, 9.17) is 9.47 Å². The van der Waals surface area contributed by atoms with Gasteiger partial charge in [0.15, 0.2) is 17.5 Å². The summed E-state index contributed by atoms with van der Waals surface area (Å²) in [5.41, 5.74) is 2.10. The molecule has 7 nitrogen and oxygen atoms in total. The summed E-state index contributed by atoms with van der Waals surface area (Å²) in [7, 11) is 3.38. The average Bonchev–Trinajstić information content (AvgIpc) is 3.24. The molecule has 0 aliphatic heterocycles. The van der Waals surface area contributed by atoms with Crippen molar-refractivity contribution in [3.05, 3.63) is 72.6 Å². The van der Waals surface area contributed by atoms with Crippen LogP contribution in [0.4, 0.5) is 0 Å². The van der Waals surface area contributed by atoms with E-state index in [1.54, 1.807) is 14.2 Å². The maximum Gasteiger partial charge on any atom is 0.191 e. The Labute approximate surface area is 171 Å². The van der Waals surface area contributed by atoms with Crippen molar-refractivity contribution in [3.8, 4) is 17.2 Å². The Kier molecular flexibility index (Phi) is 7.10. The third-order valence-electron chi connectivity index (χ3n) is 4.29. The zero-order chi connectivity index (χ0) is 20.5. The molecule has 1 heterocycles. The molecule has 0 fully saturated rings. The Bertz CT molecular complexity index is 924. The van der Waals surface area contributed by atoms with Gasteiger partial charge >= 0.3 is 0 Å². The molecule has 0 spiro atoms. The van der Waals surface area contributed by atoms with Crippen LogP contribution in [0.3, 0.4) is 0 Å². The quantitative estimate of drug-likeness (QED) is 0.455. The standard InChI is InChI=1S/C22H27N5O2/c1-17(29-21-12-8-7-11-20(21)28-3)13-24-22(23-2)25-14-18-15-26-27(16-18)19-9-5-4-6-10-19/h4-12,15-17H,13-14H2,1-3H3,(H2,23,24,25). The van der Waals surface area contributed by atoms with Crippen molar-refractivity contribution >= 4 is 5.96 Å². The molecule has 1 unspecified atom stereocenters. The molecule has 0 bridgehead atoms. The second-order valence-electron chi connectivity index (χ2n) is 6.51. The number of guanidine groups is 1. The van der Waals surface area contributed by atoms with Crippen molar-refractivity contribution in [2.24, 2.45) is 4.99 Å². The SMILES string of the molecule is CN=C(NCc1cnn(-c2ccccc2)c1)NCC(C)Oc1ccccc1OC. The highest BCUT2D eigenvalue weighted by atomic mass is 16.5. The van der Waals surface area contributed by atoms with E-state index in [-0.39, 0.29) is 6.10 Å². The molecule has 0 amide bonds. The number of hydrogen-bond donors (Lipinski definition) is 2. The van der Waals surface area contributed by atoms with Gasteiger partial charge in [-0.3, -0.25) is 4.99 Å². The molecule has 0 saturated heterocycles. The van der Waals surface area contributed by atoms with Crippen LogP contribution < -0.4 is 20.1 Å². The highest BCUT2D eigenvalue weighted by Gasteiger charge is 2.09. The number of nitrogens with zero attached hydrogens (tertiary/aromatic N) is 3. The molecule has 3 aromatic rings. The van der Waals surface area contributed by atoms with Gasteiger partial charge in [0, 0.05) is 25.4 Å². The van der Waals surface area contributed by atoms with Crippen molar-refractivity contribution in [1.29, 1.82) is 0 Å². The van der Waals surface area contributed by atoms with Crippen LogP contribution in [0.15, 0.2) is 72.0 Å². The van der Waals surface area contributed by atoms with E-state index in [1.807, 2.05) is 78.6 Å². The minimum Gasteiger partial charge on any atom is -0.493 e. The van der Waals surface area contributed by atoms with Gasteiger partial charge in [-0.05, 0) is 31.2 Å². The molecule has 152 valence electrons. The lowest BCUT2D eigenvalue weighted by Crippen LogP contribution is -2.41. The van der Waals surface area contributed by atoms with Crippen molar-refractivity contribution in [2.45, 2.75) is 19.6 Å². The Morgan fingerprint density at radius 3 is 2.52 bits per heavy atom. The number of rotatable bonds is 8. The van der Waals surface area contributed by atoms with Crippen molar-refractivity contribution in [1.82, 2.24) is 20.4 Å². The van der Waals surface area contributed by atoms with Crippen LogP contribution in [0, 0.1) is 0 Å². The van der Waals surface area contributed by atoms with Gasteiger partial charge in [-0.2, -0.15) is 5.10 Å². The Morgan fingerprint density at radius 2 is 1.79 bits per heavy atom. The smallest absolute Gasteiger partial charge is 0.191 e. The van der Waals surface area contributed by atoms with E-state index in [9.17, 15) is 0 Å². The van der Waals surface area contributed by atoms with E-state index in [0.717, 1.165) is 22.7 Å². The summed E-state index contributed by atoms with van der Waals surface area (Å²) in [4.78, 5) is 4.27. The minimum atomic E-state index is -0.0642. The van der Waals surface area contributed by atoms with Gasteiger partial charge < -0.3 is 20.1 Å². The van der Waals surface area contributed by atoms with Crippen LogP contribution in [-0.4, -0.2) is 42.5 Å². The van der Waals surface area contributed by atoms with E-state index in [0.29, 0.717) is 19.0 Å². The third-order valence-corrected chi connectivity index (χ3v) is 4.29. The zero-order valence-corrected chi connectivity index (χ0v) is 17.0. The molecule has 2 aromatic carbocycles. The predicted octanol–water partition coefficient (Wildman–Crippen LogP) is 3.01. The highest BCUT2D eigenvalue weighted by Crippen LogP contribution is 2.26.